The highest BCUT2D eigenvalue weighted by Gasteiger charge is 2.31. The maximum atomic E-state index is 13.1. The number of sulfonamides is 1. The largest absolute Gasteiger partial charge is 0.345 e. The fraction of sp³-hybridized carbons (Fsp3) is 0.350. The molecule has 1 aliphatic heterocycles. The van der Waals surface area contributed by atoms with Gasteiger partial charge in [0.2, 0.25) is 10.0 Å². The summed E-state index contributed by atoms with van der Waals surface area (Å²) in [4.78, 5) is 13.8. The lowest BCUT2D eigenvalue weighted by atomic mass is 9.92. The lowest BCUT2D eigenvalue weighted by Crippen LogP contribution is -2.39. The molecule has 0 spiro atoms. The first kappa shape index (κ1) is 18.6. The average Bonchev–Trinajstić information content (AvgIpc) is 2.68. The molecule has 1 atom stereocenters. The monoisotopic (exact) mass is 372 g/mol. The van der Waals surface area contributed by atoms with Crippen LogP contribution in [0.2, 0.25) is 0 Å². The van der Waals surface area contributed by atoms with Crippen LogP contribution >= 0.6 is 0 Å². The SMILES string of the molecule is CN(C)C(=O)c1cccc(S(=O)(=O)N2CCCC(c3ccccc3)C2)c1. The van der Waals surface area contributed by atoms with Crippen molar-refractivity contribution in [1.82, 2.24) is 9.21 Å². The van der Waals surface area contributed by atoms with Crippen molar-refractivity contribution in [2.24, 2.45) is 0 Å². The molecule has 1 fully saturated rings. The third-order valence-electron chi connectivity index (χ3n) is 4.78. The molecule has 3 rings (SSSR count). The maximum Gasteiger partial charge on any atom is 0.253 e. The van der Waals surface area contributed by atoms with Crippen molar-refractivity contribution in [2.75, 3.05) is 27.2 Å². The molecule has 1 aliphatic rings. The van der Waals surface area contributed by atoms with Gasteiger partial charge in [0, 0.05) is 32.7 Å². The van der Waals surface area contributed by atoms with Crippen molar-refractivity contribution in [3.8, 4) is 0 Å². The van der Waals surface area contributed by atoms with Crippen molar-refractivity contribution >= 4 is 15.9 Å². The van der Waals surface area contributed by atoms with E-state index in [-0.39, 0.29) is 16.7 Å². The number of benzene rings is 2. The molecule has 1 unspecified atom stereocenters. The Morgan fingerprint density at radius 2 is 1.81 bits per heavy atom. The fourth-order valence-electron chi connectivity index (χ4n) is 3.35. The van der Waals surface area contributed by atoms with Gasteiger partial charge in [0.05, 0.1) is 4.90 Å². The summed E-state index contributed by atoms with van der Waals surface area (Å²) in [6.45, 7) is 0.982. The van der Waals surface area contributed by atoms with E-state index < -0.39 is 10.0 Å². The van der Waals surface area contributed by atoms with Crippen LogP contribution in [-0.4, -0.2) is 50.7 Å². The second-order valence-corrected chi connectivity index (χ2v) is 8.78. The Kier molecular flexibility index (Phi) is 5.44. The summed E-state index contributed by atoms with van der Waals surface area (Å²) in [6.07, 6.45) is 1.81. The Bertz CT molecular complexity index is 879. The van der Waals surface area contributed by atoms with Gasteiger partial charge in [0.1, 0.15) is 0 Å². The third kappa shape index (κ3) is 3.81. The Labute approximate surface area is 155 Å². The van der Waals surface area contributed by atoms with Crippen molar-refractivity contribution in [3.63, 3.8) is 0 Å². The molecule has 2 aromatic carbocycles. The summed E-state index contributed by atoms with van der Waals surface area (Å²) in [5, 5.41) is 0. The van der Waals surface area contributed by atoms with E-state index >= 15 is 0 Å². The smallest absolute Gasteiger partial charge is 0.253 e. The van der Waals surface area contributed by atoms with E-state index in [1.807, 2.05) is 18.2 Å². The summed E-state index contributed by atoms with van der Waals surface area (Å²) in [7, 11) is -0.319. The van der Waals surface area contributed by atoms with Crippen molar-refractivity contribution in [3.05, 3.63) is 65.7 Å². The van der Waals surface area contributed by atoms with Crippen molar-refractivity contribution < 1.29 is 13.2 Å². The van der Waals surface area contributed by atoms with Crippen molar-refractivity contribution in [2.45, 2.75) is 23.7 Å². The molecule has 6 heteroatoms. The van der Waals surface area contributed by atoms with E-state index in [2.05, 4.69) is 12.1 Å². The van der Waals surface area contributed by atoms with Gasteiger partial charge < -0.3 is 4.90 Å². The lowest BCUT2D eigenvalue weighted by molar-refractivity contribution is 0.0827. The number of hydrogen-bond donors (Lipinski definition) is 0. The van der Waals surface area contributed by atoms with Crippen LogP contribution in [0, 0.1) is 0 Å². The van der Waals surface area contributed by atoms with Gasteiger partial charge in [-0.25, -0.2) is 8.42 Å². The molecule has 0 saturated carbocycles. The predicted octanol–water partition coefficient (Wildman–Crippen LogP) is 2.96. The number of carbonyl (C=O) groups excluding carboxylic acids is 1. The molecule has 0 bridgehead atoms. The molecule has 0 aromatic heterocycles. The number of piperidine rings is 1. The number of nitrogens with zero attached hydrogens (tertiary/aromatic N) is 2. The second-order valence-electron chi connectivity index (χ2n) is 6.84. The molecule has 0 radical (unpaired) electrons. The van der Waals surface area contributed by atoms with E-state index in [1.165, 1.54) is 16.5 Å². The van der Waals surface area contributed by atoms with Crippen molar-refractivity contribution in [1.29, 1.82) is 0 Å². The Hall–Kier alpha value is -2.18. The predicted molar refractivity (Wildman–Crippen MR) is 102 cm³/mol. The molecular formula is C20H24N2O3S. The van der Waals surface area contributed by atoms with E-state index in [9.17, 15) is 13.2 Å². The standard InChI is InChI=1S/C20H24N2O3S/c1-21(2)20(23)17-10-6-12-19(14-17)26(24,25)22-13-7-11-18(15-22)16-8-4-3-5-9-16/h3-6,8-10,12,14,18H,7,11,13,15H2,1-2H3. The van der Waals surface area contributed by atoms with Crippen LogP contribution in [0.4, 0.5) is 0 Å². The van der Waals surface area contributed by atoms with Crippen LogP contribution in [0.3, 0.4) is 0 Å². The van der Waals surface area contributed by atoms with Gasteiger partial charge in [0.25, 0.3) is 5.91 Å². The number of rotatable bonds is 4. The van der Waals surface area contributed by atoms with Gasteiger partial charge in [-0.05, 0) is 42.5 Å². The molecule has 26 heavy (non-hydrogen) atoms. The molecule has 1 saturated heterocycles. The first-order valence-electron chi connectivity index (χ1n) is 8.76. The fourth-order valence-corrected chi connectivity index (χ4v) is 4.93. The topological polar surface area (TPSA) is 57.7 Å². The van der Waals surface area contributed by atoms with Crippen LogP contribution in [0.1, 0.15) is 34.7 Å². The second kappa shape index (κ2) is 7.60. The number of amides is 1. The molecule has 138 valence electrons. The lowest BCUT2D eigenvalue weighted by Gasteiger charge is -2.32. The van der Waals surface area contributed by atoms with Gasteiger partial charge in [-0.2, -0.15) is 4.31 Å². The quantitative estimate of drug-likeness (QED) is 0.829. The molecule has 1 heterocycles. The van der Waals surface area contributed by atoms with Crippen LogP contribution in [0.25, 0.3) is 0 Å². The van der Waals surface area contributed by atoms with Gasteiger partial charge >= 0.3 is 0 Å². The molecule has 5 nitrogen and oxygen atoms in total. The summed E-state index contributed by atoms with van der Waals surface area (Å²) in [6, 6.07) is 16.4. The minimum absolute atomic E-state index is 0.180. The summed E-state index contributed by atoms with van der Waals surface area (Å²) in [5.41, 5.74) is 1.55. The molecule has 2 aromatic rings. The summed E-state index contributed by atoms with van der Waals surface area (Å²) >= 11 is 0. The average molecular weight is 372 g/mol. The van der Waals surface area contributed by atoms with Crippen LogP contribution < -0.4 is 0 Å². The van der Waals surface area contributed by atoms with Gasteiger partial charge in [-0.15, -0.1) is 0 Å². The van der Waals surface area contributed by atoms with E-state index in [4.69, 9.17) is 0 Å². The zero-order chi connectivity index (χ0) is 18.7. The first-order chi connectivity index (χ1) is 12.4. The van der Waals surface area contributed by atoms with Crippen LogP contribution in [-0.2, 0) is 10.0 Å². The Morgan fingerprint density at radius 1 is 1.08 bits per heavy atom. The minimum atomic E-state index is -3.62. The van der Waals surface area contributed by atoms with Crippen LogP contribution in [0.15, 0.2) is 59.5 Å². The minimum Gasteiger partial charge on any atom is -0.345 e. The molecule has 0 aliphatic carbocycles. The Balaban J connectivity index is 1.86. The van der Waals surface area contributed by atoms with E-state index in [0.717, 1.165) is 12.8 Å². The van der Waals surface area contributed by atoms with Gasteiger partial charge in [-0.3, -0.25) is 4.79 Å². The summed E-state index contributed by atoms with van der Waals surface area (Å²) < 4.78 is 27.8. The zero-order valence-corrected chi connectivity index (χ0v) is 15.9. The Morgan fingerprint density at radius 3 is 2.50 bits per heavy atom. The van der Waals surface area contributed by atoms with E-state index in [0.29, 0.717) is 18.7 Å². The molecular weight excluding hydrogens is 348 g/mol. The van der Waals surface area contributed by atoms with Crippen LogP contribution in [0.5, 0.6) is 0 Å². The first-order valence-corrected chi connectivity index (χ1v) is 10.2. The van der Waals surface area contributed by atoms with Gasteiger partial charge in [0.15, 0.2) is 0 Å². The zero-order valence-electron chi connectivity index (χ0n) is 15.1. The van der Waals surface area contributed by atoms with E-state index in [1.54, 1.807) is 36.6 Å². The number of hydrogen-bond acceptors (Lipinski definition) is 3. The number of carbonyl (C=O) groups is 1. The normalized spacial score (nSPS) is 18.5. The highest BCUT2D eigenvalue weighted by Crippen LogP contribution is 2.30. The maximum absolute atomic E-state index is 13.1. The molecule has 0 N–H and O–H groups in total. The highest BCUT2D eigenvalue weighted by molar-refractivity contribution is 7.89. The highest BCUT2D eigenvalue weighted by atomic mass is 32.2. The third-order valence-corrected chi connectivity index (χ3v) is 6.64. The molecule has 1 amide bonds. The van der Waals surface area contributed by atoms with Gasteiger partial charge in [-0.1, -0.05) is 36.4 Å². The summed E-state index contributed by atoms with van der Waals surface area (Å²) in [5.74, 6) is -0.00540.